The average molecular weight is 364 g/mol. The van der Waals surface area contributed by atoms with Crippen molar-refractivity contribution < 1.29 is 29.3 Å². The van der Waals surface area contributed by atoms with Gasteiger partial charge in [0.05, 0.1) is 13.2 Å². The van der Waals surface area contributed by atoms with Gasteiger partial charge < -0.3 is 20.3 Å². The molecule has 0 aliphatic rings. The third-order valence-corrected chi connectivity index (χ3v) is 2.89. The number of amides is 1. The van der Waals surface area contributed by atoms with Gasteiger partial charge in [0.2, 0.25) is 5.91 Å². The first-order chi connectivity index (χ1) is 10.5. The maximum absolute atomic E-state index is 11.5. The van der Waals surface area contributed by atoms with Gasteiger partial charge in [0.15, 0.2) is 0 Å². The van der Waals surface area contributed by atoms with Gasteiger partial charge in [-0.2, -0.15) is 0 Å². The maximum Gasteiger partial charge on any atom is 0.329 e. The number of aliphatic carboxylic acids is 2. The molecule has 0 rings (SSSR count). The number of hydrogen-bond donors (Lipinski definition) is 3. The number of rotatable bonds is 14. The molecule has 0 aromatic rings. The SMILES string of the molecule is CCCCCC(=O)NCCN(CCOCC(=O)O)CC(=O)O.[Na].[Na]. The zero-order valence-electron chi connectivity index (χ0n) is 15.0. The monoisotopic (exact) mass is 364 g/mol. The van der Waals surface area contributed by atoms with Crippen molar-refractivity contribution in [1.82, 2.24) is 10.2 Å². The first-order valence-electron chi connectivity index (χ1n) is 7.46. The molecule has 0 spiro atoms. The molecule has 10 heteroatoms. The van der Waals surface area contributed by atoms with Crippen LogP contribution < -0.4 is 5.32 Å². The zero-order valence-corrected chi connectivity index (χ0v) is 19.0. The molecule has 0 bridgehead atoms. The van der Waals surface area contributed by atoms with Gasteiger partial charge in [0.25, 0.3) is 0 Å². The van der Waals surface area contributed by atoms with E-state index in [0.717, 1.165) is 19.3 Å². The second-order valence-corrected chi connectivity index (χ2v) is 4.92. The van der Waals surface area contributed by atoms with Gasteiger partial charge in [-0.25, -0.2) is 4.79 Å². The molecule has 2 radical (unpaired) electrons. The van der Waals surface area contributed by atoms with Gasteiger partial charge in [-0.3, -0.25) is 14.5 Å². The van der Waals surface area contributed by atoms with E-state index in [0.29, 0.717) is 26.1 Å². The number of nitrogens with zero attached hydrogens (tertiary/aromatic N) is 1. The molecule has 0 aromatic heterocycles. The normalized spacial score (nSPS) is 9.75. The third-order valence-electron chi connectivity index (χ3n) is 2.89. The molecular weight excluding hydrogens is 338 g/mol. The van der Waals surface area contributed by atoms with Crippen molar-refractivity contribution in [1.29, 1.82) is 0 Å². The van der Waals surface area contributed by atoms with Gasteiger partial charge in [0.1, 0.15) is 6.61 Å². The largest absolute Gasteiger partial charge is 0.480 e. The summed E-state index contributed by atoms with van der Waals surface area (Å²) in [5.74, 6) is -2.08. The molecular formula is C14H26N2Na2O6. The molecule has 0 fully saturated rings. The first-order valence-corrected chi connectivity index (χ1v) is 7.46. The Kier molecular flexibility index (Phi) is 23.8. The van der Waals surface area contributed by atoms with Crippen molar-refractivity contribution in [2.75, 3.05) is 39.4 Å². The molecule has 0 saturated carbocycles. The van der Waals surface area contributed by atoms with E-state index >= 15 is 0 Å². The molecule has 0 aromatic carbocycles. The van der Waals surface area contributed by atoms with Gasteiger partial charge in [-0.15, -0.1) is 0 Å². The summed E-state index contributed by atoms with van der Waals surface area (Å²) >= 11 is 0. The minimum atomic E-state index is -1.07. The minimum Gasteiger partial charge on any atom is -0.480 e. The molecule has 0 unspecified atom stereocenters. The topological polar surface area (TPSA) is 116 Å². The predicted octanol–water partition coefficient (Wildman–Crippen LogP) is -0.591. The molecule has 8 nitrogen and oxygen atoms in total. The Morgan fingerprint density at radius 3 is 2.25 bits per heavy atom. The first kappa shape index (κ1) is 29.1. The van der Waals surface area contributed by atoms with Crippen LogP contribution in [0.2, 0.25) is 0 Å². The van der Waals surface area contributed by atoms with E-state index in [9.17, 15) is 14.4 Å². The summed E-state index contributed by atoms with van der Waals surface area (Å²) in [7, 11) is 0. The summed E-state index contributed by atoms with van der Waals surface area (Å²) < 4.78 is 4.88. The Morgan fingerprint density at radius 2 is 1.71 bits per heavy atom. The standard InChI is InChI=1S/C14H26N2O6.2Na/c1-2-3-4-5-12(17)15-6-7-16(10-13(18)19)8-9-22-11-14(20)21;;/h2-11H2,1H3,(H,15,17)(H,18,19)(H,20,21);;. The number of hydrogen-bond acceptors (Lipinski definition) is 5. The summed E-state index contributed by atoms with van der Waals surface area (Å²) in [5.41, 5.74) is 0. The van der Waals surface area contributed by atoms with Crippen LogP contribution in [0.4, 0.5) is 0 Å². The Balaban J connectivity index is -0.00000220. The van der Waals surface area contributed by atoms with E-state index in [1.165, 1.54) is 0 Å². The van der Waals surface area contributed by atoms with Gasteiger partial charge >= 0.3 is 11.9 Å². The van der Waals surface area contributed by atoms with E-state index < -0.39 is 18.5 Å². The Labute approximate surface area is 187 Å². The molecule has 0 aliphatic carbocycles. The summed E-state index contributed by atoms with van der Waals surface area (Å²) in [6.07, 6.45) is 3.40. The Hall–Kier alpha value is 0.330. The van der Waals surface area contributed by atoms with Crippen LogP contribution in [0.1, 0.15) is 32.6 Å². The number of unbranched alkanes of at least 4 members (excludes halogenated alkanes) is 2. The van der Waals surface area contributed by atoms with E-state index in [1.807, 2.05) is 0 Å². The van der Waals surface area contributed by atoms with Gasteiger partial charge in [-0.1, -0.05) is 19.8 Å². The second-order valence-electron chi connectivity index (χ2n) is 4.92. The van der Waals surface area contributed by atoms with E-state index in [4.69, 9.17) is 14.9 Å². The van der Waals surface area contributed by atoms with E-state index in [2.05, 4.69) is 12.2 Å². The molecule has 1 amide bonds. The van der Waals surface area contributed by atoms with Crippen LogP contribution >= 0.6 is 0 Å². The predicted molar refractivity (Wildman–Crippen MR) is 91.2 cm³/mol. The molecule has 0 aliphatic heterocycles. The molecule has 24 heavy (non-hydrogen) atoms. The number of carboxylic acids is 2. The fourth-order valence-corrected chi connectivity index (χ4v) is 1.79. The number of carbonyl (C=O) groups is 3. The van der Waals surface area contributed by atoms with Crippen LogP contribution in [0.25, 0.3) is 0 Å². The molecule has 0 saturated heterocycles. The number of nitrogens with one attached hydrogen (secondary N) is 1. The van der Waals surface area contributed by atoms with Crippen LogP contribution in [0, 0.1) is 0 Å². The second kappa shape index (κ2) is 19.7. The fourth-order valence-electron chi connectivity index (χ4n) is 1.79. The van der Waals surface area contributed by atoms with Crippen molar-refractivity contribution in [2.45, 2.75) is 32.6 Å². The molecule has 3 N–H and O–H groups in total. The molecule has 130 valence electrons. The van der Waals surface area contributed by atoms with E-state index in [1.54, 1.807) is 4.90 Å². The van der Waals surface area contributed by atoms with Crippen LogP contribution in [0.5, 0.6) is 0 Å². The fraction of sp³-hybridized carbons (Fsp3) is 0.786. The molecule has 0 heterocycles. The van der Waals surface area contributed by atoms with Crippen LogP contribution in [-0.2, 0) is 19.1 Å². The van der Waals surface area contributed by atoms with Crippen molar-refractivity contribution in [2.24, 2.45) is 0 Å². The minimum absolute atomic E-state index is 0. The van der Waals surface area contributed by atoms with Crippen LogP contribution in [0.3, 0.4) is 0 Å². The van der Waals surface area contributed by atoms with Gasteiger partial charge in [-0.05, 0) is 6.42 Å². The summed E-state index contributed by atoms with van der Waals surface area (Å²) in [6.45, 7) is 2.64. The van der Waals surface area contributed by atoms with Crippen molar-refractivity contribution in [3.63, 3.8) is 0 Å². The summed E-state index contributed by atoms with van der Waals surface area (Å²) in [6, 6.07) is 0. The van der Waals surface area contributed by atoms with Crippen molar-refractivity contribution in [3.8, 4) is 0 Å². The van der Waals surface area contributed by atoms with Crippen molar-refractivity contribution in [3.05, 3.63) is 0 Å². The third kappa shape index (κ3) is 20.4. The van der Waals surface area contributed by atoms with Gasteiger partial charge in [0, 0.05) is 85.2 Å². The summed E-state index contributed by atoms with van der Waals surface area (Å²) in [5, 5.41) is 20.0. The summed E-state index contributed by atoms with van der Waals surface area (Å²) in [4.78, 5) is 34.2. The van der Waals surface area contributed by atoms with Crippen molar-refractivity contribution >= 4 is 77.0 Å². The smallest absolute Gasteiger partial charge is 0.329 e. The number of carbonyl (C=O) groups excluding carboxylic acids is 1. The van der Waals surface area contributed by atoms with Crippen LogP contribution in [-0.4, -0.2) is 131 Å². The quantitative estimate of drug-likeness (QED) is 0.279. The Morgan fingerprint density at radius 1 is 1.04 bits per heavy atom. The maximum atomic E-state index is 11.5. The number of carboxylic acid groups (broad SMARTS) is 2. The van der Waals surface area contributed by atoms with Crippen LogP contribution in [0.15, 0.2) is 0 Å². The Bertz CT molecular complexity index is 358. The average Bonchev–Trinajstić information content (AvgIpc) is 2.42. The molecule has 0 atom stereocenters. The zero-order chi connectivity index (χ0) is 16.8. The van der Waals surface area contributed by atoms with E-state index in [-0.39, 0.29) is 78.2 Å². The number of ether oxygens (including phenoxy) is 1.